The molecule has 0 spiro atoms. The van der Waals surface area contributed by atoms with Crippen molar-refractivity contribution in [1.29, 1.82) is 0 Å². The van der Waals surface area contributed by atoms with E-state index in [1.165, 1.54) is 0 Å². The lowest BCUT2D eigenvalue weighted by atomic mass is 10.2. The third kappa shape index (κ3) is 4.90. The quantitative estimate of drug-likeness (QED) is 0.547. The summed E-state index contributed by atoms with van der Waals surface area (Å²) in [6.45, 7) is 2.36. The smallest absolute Gasteiger partial charge is 0.404 e. The molecule has 3 rings (SSSR count). The van der Waals surface area contributed by atoms with Crippen molar-refractivity contribution in [2.45, 2.75) is 6.92 Å². The van der Waals surface area contributed by atoms with E-state index in [2.05, 4.69) is 30.3 Å². The van der Waals surface area contributed by atoms with Gasteiger partial charge < -0.3 is 21.1 Å². The summed E-state index contributed by atoms with van der Waals surface area (Å²) in [7, 11) is 0. The van der Waals surface area contributed by atoms with Gasteiger partial charge in [-0.2, -0.15) is 0 Å². The molecule has 0 aliphatic carbocycles. The first kappa shape index (κ1) is 17.6. The van der Waals surface area contributed by atoms with Crippen LogP contribution in [-0.2, 0) is 4.74 Å². The Bertz CT molecular complexity index is 884. The Morgan fingerprint density at radius 3 is 2.77 bits per heavy atom. The van der Waals surface area contributed by atoms with Crippen LogP contribution in [0.5, 0.6) is 0 Å². The predicted molar refractivity (Wildman–Crippen MR) is 102 cm³/mol. The number of rotatable bonds is 7. The molecule has 8 nitrogen and oxygen atoms in total. The summed E-state index contributed by atoms with van der Waals surface area (Å²) in [4.78, 5) is 24.7. The summed E-state index contributed by atoms with van der Waals surface area (Å²) in [5, 5.41) is 6.99. The van der Waals surface area contributed by atoms with E-state index in [-0.39, 0.29) is 6.61 Å². The summed E-state index contributed by atoms with van der Waals surface area (Å²) in [5.74, 6) is 1.85. The van der Waals surface area contributed by atoms with Gasteiger partial charge in [0.05, 0.1) is 11.4 Å². The van der Waals surface area contributed by atoms with E-state index in [0.717, 1.165) is 15.6 Å². The molecular weight excluding hydrogens is 352 g/mol. The zero-order chi connectivity index (χ0) is 18.4. The van der Waals surface area contributed by atoms with E-state index in [0.29, 0.717) is 24.0 Å². The Labute approximate surface area is 154 Å². The first-order valence-corrected chi connectivity index (χ1v) is 8.72. The molecule has 1 amide bonds. The molecule has 0 aliphatic rings. The largest absolute Gasteiger partial charge is 0.448 e. The minimum absolute atomic E-state index is 0.161. The summed E-state index contributed by atoms with van der Waals surface area (Å²) < 4.78 is 4.67. The SMILES string of the molecule is Cc1nc(NCCOC(N)=O)cc(Nc2ncc(-c3ccccc3)s2)n1. The Hall–Kier alpha value is -3.20. The zero-order valence-corrected chi connectivity index (χ0v) is 14.9. The number of nitrogens with one attached hydrogen (secondary N) is 2. The summed E-state index contributed by atoms with van der Waals surface area (Å²) in [6, 6.07) is 11.8. The Morgan fingerprint density at radius 1 is 1.23 bits per heavy atom. The maximum atomic E-state index is 10.6. The van der Waals surface area contributed by atoms with Crippen LogP contribution in [0.25, 0.3) is 10.4 Å². The van der Waals surface area contributed by atoms with Gasteiger partial charge in [0.1, 0.15) is 24.1 Å². The van der Waals surface area contributed by atoms with Crippen LogP contribution in [0.4, 0.5) is 21.6 Å². The van der Waals surface area contributed by atoms with E-state index in [1.807, 2.05) is 36.5 Å². The average molecular weight is 370 g/mol. The van der Waals surface area contributed by atoms with Gasteiger partial charge in [0.2, 0.25) is 0 Å². The molecule has 0 bridgehead atoms. The number of anilines is 3. The standard InChI is InChI=1S/C17H18N6O2S/c1-11-21-14(19-7-8-25-16(18)24)9-15(22-11)23-17-20-10-13(26-17)12-5-3-2-4-6-12/h2-6,9-10H,7-8H2,1H3,(H2,18,24)(H2,19,20,21,22,23). The number of nitrogens with two attached hydrogens (primary N) is 1. The number of primary amides is 1. The number of benzene rings is 1. The normalized spacial score (nSPS) is 10.3. The fraction of sp³-hybridized carbons (Fsp3) is 0.176. The molecule has 1 aromatic carbocycles. The third-order valence-electron chi connectivity index (χ3n) is 3.29. The van der Waals surface area contributed by atoms with Crippen molar-refractivity contribution in [2.24, 2.45) is 5.73 Å². The number of hydrogen-bond donors (Lipinski definition) is 3. The van der Waals surface area contributed by atoms with E-state index in [9.17, 15) is 4.79 Å². The van der Waals surface area contributed by atoms with Crippen LogP contribution in [0.3, 0.4) is 0 Å². The number of thiazole rings is 1. The maximum Gasteiger partial charge on any atom is 0.404 e. The molecule has 26 heavy (non-hydrogen) atoms. The molecule has 0 atom stereocenters. The number of nitrogens with zero attached hydrogens (tertiary/aromatic N) is 3. The summed E-state index contributed by atoms with van der Waals surface area (Å²) >= 11 is 1.54. The van der Waals surface area contributed by atoms with E-state index < -0.39 is 6.09 Å². The molecule has 0 unspecified atom stereocenters. The number of hydrogen-bond acceptors (Lipinski definition) is 8. The molecule has 134 valence electrons. The van der Waals surface area contributed by atoms with Gasteiger partial charge in [0.25, 0.3) is 0 Å². The van der Waals surface area contributed by atoms with Crippen molar-refractivity contribution in [3.8, 4) is 10.4 Å². The molecule has 9 heteroatoms. The molecule has 2 aromatic heterocycles. The van der Waals surface area contributed by atoms with Crippen molar-refractivity contribution < 1.29 is 9.53 Å². The molecule has 0 saturated carbocycles. The first-order chi connectivity index (χ1) is 12.6. The topological polar surface area (TPSA) is 115 Å². The third-order valence-corrected chi connectivity index (χ3v) is 4.25. The number of aromatic nitrogens is 3. The molecule has 0 aliphatic heterocycles. The van der Waals surface area contributed by atoms with Gasteiger partial charge in [-0.25, -0.2) is 19.7 Å². The van der Waals surface area contributed by atoms with Gasteiger partial charge >= 0.3 is 6.09 Å². The summed E-state index contributed by atoms with van der Waals surface area (Å²) in [6.07, 6.45) is 1.03. The zero-order valence-electron chi connectivity index (χ0n) is 14.1. The van der Waals surface area contributed by atoms with E-state index >= 15 is 0 Å². The molecular formula is C17H18N6O2S. The monoisotopic (exact) mass is 370 g/mol. The van der Waals surface area contributed by atoms with Crippen molar-refractivity contribution in [1.82, 2.24) is 15.0 Å². The van der Waals surface area contributed by atoms with E-state index in [4.69, 9.17) is 5.73 Å². The second kappa shape index (κ2) is 8.26. The summed E-state index contributed by atoms with van der Waals surface area (Å²) in [5.41, 5.74) is 6.04. The molecule has 3 aromatic rings. The van der Waals surface area contributed by atoms with Crippen LogP contribution in [0.1, 0.15) is 5.82 Å². The fourth-order valence-corrected chi connectivity index (χ4v) is 3.06. The van der Waals surface area contributed by atoms with Crippen molar-refractivity contribution in [2.75, 3.05) is 23.8 Å². The van der Waals surface area contributed by atoms with Gasteiger partial charge in [-0.15, -0.1) is 0 Å². The van der Waals surface area contributed by atoms with Crippen LogP contribution in [0, 0.1) is 6.92 Å². The average Bonchev–Trinajstić information content (AvgIpc) is 3.07. The predicted octanol–water partition coefficient (Wildman–Crippen LogP) is 3.16. The van der Waals surface area contributed by atoms with Gasteiger partial charge in [-0.1, -0.05) is 41.7 Å². The number of aryl methyl sites for hydroxylation is 1. The Kier molecular flexibility index (Phi) is 5.59. The van der Waals surface area contributed by atoms with Gasteiger partial charge in [0.15, 0.2) is 5.13 Å². The highest BCUT2D eigenvalue weighted by molar-refractivity contribution is 7.18. The van der Waals surface area contributed by atoms with Crippen LogP contribution >= 0.6 is 11.3 Å². The van der Waals surface area contributed by atoms with Crippen molar-refractivity contribution >= 4 is 34.2 Å². The van der Waals surface area contributed by atoms with Crippen molar-refractivity contribution in [3.63, 3.8) is 0 Å². The maximum absolute atomic E-state index is 10.6. The Morgan fingerprint density at radius 2 is 2.00 bits per heavy atom. The minimum Gasteiger partial charge on any atom is -0.448 e. The van der Waals surface area contributed by atoms with Crippen molar-refractivity contribution in [3.05, 3.63) is 48.4 Å². The van der Waals surface area contributed by atoms with Crippen LogP contribution in [0.15, 0.2) is 42.6 Å². The molecule has 0 saturated heterocycles. The molecule has 2 heterocycles. The highest BCUT2D eigenvalue weighted by Crippen LogP contribution is 2.30. The highest BCUT2D eigenvalue weighted by Gasteiger charge is 2.07. The van der Waals surface area contributed by atoms with Crippen LogP contribution in [0.2, 0.25) is 0 Å². The first-order valence-electron chi connectivity index (χ1n) is 7.90. The molecule has 0 fully saturated rings. The van der Waals surface area contributed by atoms with Crippen LogP contribution in [-0.4, -0.2) is 34.2 Å². The lowest BCUT2D eigenvalue weighted by molar-refractivity contribution is 0.161. The molecule has 4 N–H and O–H groups in total. The Balaban J connectivity index is 1.66. The second-order valence-electron chi connectivity index (χ2n) is 5.30. The second-order valence-corrected chi connectivity index (χ2v) is 6.33. The van der Waals surface area contributed by atoms with E-state index in [1.54, 1.807) is 24.3 Å². The highest BCUT2D eigenvalue weighted by atomic mass is 32.1. The fourth-order valence-electron chi connectivity index (χ4n) is 2.23. The number of carbonyl (C=O) groups is 1. The van der Waals surface area contributed by atoms with Gasteiger partial charge in [-0.3, -0.25) is 0 Å². The number of ether oxygens (including phenoxy) is 1. The number of carbonyl (C=O) groups excluding carboxylic acids is 1. The molecule has 0 radical (unpaired) electrons. The lowest BCUT2D eigenvalue weighted by Crippen LogP contribution is -2.18. The lowest BCUT2D eigenvalue weighted by Gasteiger charge is -2.08. The van der Waals surface area contributed by atoms with Gasteiger partial charge in [0, 0.05) is 12.3 Å². The van der Waals surface area contributed by atoms with Gasteiger partial charge in [-0.05, 0) is 12.5 Å². The van der Waals surface area contributed by atoms with Crippen LogP contribution < -0.4 is 16.4 Å². The minimum atomic E-state index is -0.800. The number of amides is 1.